The minimum atomic E-state index is -0.233. The lowest BCUT2D eigenvalue weighted by molar-refractivity contribution is -0.109. The maximum atomic E-state index is 12.3. The summed E-state index contributed by atoms with van der Waals surface area (Å²) in [6.07, 6.45) is 2.52. The zero-order valence-electron chi connectivity index (χ0n) is 10.4. The van der Waals surface area contributed by atoms with Crippen LogP contribution in [0.4, 0.5) is 0 Å². The van der Waals surface area contributed by atoms with E-state index in [1.54, 1.807) is 18.2 Å². The molecular weight excluding hydrogens is 308 g/mol. The summed E-state index contributed by atoms with van der Waals surface area (Å²) < 4.78 is 6.27. The number of carbonyl (C=O) groups excluding carboxylic acids is 2. The van der Waals surface area contributed by atoms with Crippen molar-refractivity contribution in [3.63, 3.8) is 0 Å². The average Bonchev–Trinajstić information content (AvgIpc) is 3.12. The van der Waals surface area contributed by atoms with Crippen LogP contribution in [0.3, 0.4) is 0 Å². The second kappa shape index (κ2) is 6.26. The highest BCUT2D eigenvalue weighted by Crippen LogP contribution is 2.47. The van der Waals surface area contributed by atoms with E-state index in [1.165, 1.54) is 0 Å². The minimum Gasteiger partial charge on any atom is -0.377 e. The predicted molar refractivity (Wildman–Crippen MR) is 76.0 cm³/mol. The normalized spacial score (nSPS) is 24.8. The number of benzene rings is 1. The smallest absolute Gasteiger partial charge is 0.167 e. The molecule has 1 saturated carbocycles. The lowest BCUT2D eigenvalue weighted by Gasteiger charge is -2.01. The molecule has 0 unspecified atom stereocenters. The summed E-state index contributed by atoms with van der Waals surface area (Å²) in [5.74, 6) is -0.408. The predicted octanol–water partition coefficient (Wildman–Crippen LogP) is 2.90. The van der Waals surface area contributed by atoms with Crippen LogP contribution in [0, 0.1) is 17.8 Å². The summed E-state index contributed by atoms with van der Waals surface area (Å²) in [7, 11) is 0. The van der Waals surface area contributed by atoms with Crippen LogP contribution < -0.4 is 0 Å². The molecule has 2 rings (SSSR count). The quantitative estimate of drug-likeness (QED) is 0.335. The third-order valence-corrected chi connectivity index (χ3v) is 3.89. The van der Waals surface area contributed by atoms with Gasteiger partial charge in [-0.15, -0.1) is 6.58 Å². The molecule has 0 aromatic heterocycles. The fraction of sp³-hybridized carbons (Fsp3) is 0.333. The first-order chi connectivity index (χ1) is 9.19. The zero-order chi connectivity index (χ0) is 13.8. The Morgan fingerprint density at radius 1 is 1.37 bits per heavy atom. The van der Waals surface area contributed by atoms with Crippen LogP contribution in [-0.4, -0.2) is 25.3 Å². The molecule has 0 spiro atoms. The van der Waals surface area contributed by atoms with E-state index in [0.29, 0.717) is 18.8 Å². The molecule has 3 atom stereocenters. The zero-order valence-corrected chi connectivity index (χ0v) is 12.0. The summed E-state index contributed by atoms with van der Waals surface area (Å²) in [5, 5.41) is 0. The monoisotopic (exact) mass is 322 g/mol. The second-order valence-corrected chi connectivity index (χ2v) is 5.52. The van der Waals surface area contributed by atoms with Crippen molar-refractivity contribution in [1.29, 1.82) is 0 Å². The number of halogens is 1. The van der Waals surface area contributed by atoms with Gasteiger partial charge in [-0.1, -0.05) is 34.1 Å². The highest BCUT2D eigenvalue weighted by atomic mass is 79.9. The van der Waals surface area contributed by atoms with Crippen molar-refractivity contribution in [3.8, 4) is 0 Å². The largest absolute Gasteiger partial charge is 0.377 e. The Balaban J connectivity index is 2.00. The first-order valence-corrected chi connectivity index (χ1v) is 6.92. The van der Waals surface area contributed by atoms with Crippen molar-refractivity contribution in [2.24, 2.45) is 17.8 Å². The van der Waals surface area contributed by atoms with E-state index in [0.717, 1.165) is 10.8 Å². The van der Waals surface area contributed by atoms with Crippen LogP contribution >= 0.6 is 15.9 Å². The molecule has 19 heavy (non-hydrogen) atoms. The van der Waals surface area contributed by atoms with Crippen molar-refractivity contribution in [3.05, 3.63) is 47.0 Å². The number of carbonyl (C=O) groups is 2. The fourth-order valence-electron chi connectivity index (χ4n) is 2.26. The molecule has 1 aliphatic carbocycles. The molecule has 4 heteroatoms. The molecule has 1 aliphatic rings. The van der Waals surface area contributed by atoms with Gasteiger partial charge < -0.3 is 9.53 Å². The van der Waals surface area contributed by atoms with Gasteiger partial charge in [0.2, 0.25) is 0 Å². The van der Waals surface area contributed by atoms with E-state index in [9.17, 15) is 9.59 Å². The van der Waals surface area contributed by atoms with E-state index in [4.69, 9.17) is 4.74 Å². The lowest BCUT2D eigenvalue weighted by atomic mass is 10.1. The van der Waals surface area contributed by atoms with Gasteiger partial charge in [0.15, 0.2) is 5.78 Å². The maximum absolute atomic E-state index is 12.3. The molecule has 100 valence electrons. The first-order valence-electron chi connectivity index (χ1n) is 6.12. The number of ketones is 1. The first kappa shape index (κ1) is 14.2. The Bertz CT molecular complexity index is 481. The molecule has 0 N–H and O–H groups in total. The van der Waals surface area contributed by atoms with Gasteiger partial charge in [-0.25, -0.2) is 0 Å². The number of aldehydes is 1. The Morgan fingerprint density at radius 2 is 2.05 bits per heavy atom. The van der Waals surface area contributed by atoms with Gasteiger partial charge in [0.25, 0.3) is 0 Å². The van der Waals surface area contributed by atoms with Crippen LogP contribution in [0.1, 0.15) is 10.4 Å². The maximum Gasteiger partial charge on any atom is 0.167 e. The molecular formula is C15H15BrO3. The summed E-state index contributed by atoms with van der Waals surface area (Å²) in [4.78, 5) is 23.3. The highest BCUT2D eigenvalue weighted by molar-refractivity contribution is 9.10. The molecule has 0 heterocycles. The SMILES string of the molecule is C=CCOC[C@@H]1[C@@H](C=O)[C@H]1C(=O)c1ccc(Br)cc1. The Morgan fingerprint density at radius 3 is 2.63 bits per heavy atom. The number of ether oxygens (including phenoxy) is 1. The summed E-state index contributed by atoms with van der Waals surface area (Å²) in [6.45, 7) is 4.44. The lowest BCUT2D eigenvalue weighted by Crippen LogP contribution is -2.06. The molecule has 3 nitrogen and oxygen atoms in total. The molecule has 1 fully saturated rings. The Labute approximate surface area is 120 Å². The number of hydrogen-bond acceptors (Lipinski definition) is 3. The van der Waals surface area contributed by atoms with Crippen LogP contribution in [0.2, 0.25) is 0 Å². The van der Waals surface area contributed by atoms with Gasteiger partial charge in [-0.05, 0) is 12.1 Å². The van der Waals surface area contributed by atoms with Crippen molar-refractivity contribution in [1.82, 2.24) is 0 Å². The number of hydrogen-bond donors (Lipinski definition) is 0. The summed E-state index contributed by atoms with van der Waals surface area (Å²) >= 11 is 3.33. The van der Waals surface area contributed by atoms with Gasteiger partial charge in [-0.3, -0.25) is 4.79 Å². The van der Waals surface area contributed by atoms with Gasteiger partial charge in [-0.2, -0.15) is 0 Å². The van der Waals surface area contributed by atoms with E-state index >= 15 is 0 Å². The molecule has 1 aromatic rings. The molecule has 0 amide bonds. The van der Waals surface area contributed by atoms with Crippen LogP contribution in [-0.2, 0) is 9.53 Å². The van der Waals surface area contributed by atoms with Gasteiger partial charge in [0.05, 0.1) is 13.2 Å². The highest BCUT2D eigenvalue weighted by Gasteiger charge is 2.54. The Hall–Kier alpha value is -1.26. The number of Topliss-reactive ketones (excluding diaryl/α,β-unsaturated/α-hetero) is 1. The topological polar surface area (TPSA) is 43.4 Å². The Kier molecular flexibility index (Phi) is 4.66. The third kappa shape index (κ3) is 3.19. The van der Waals surface area contributed by atoms with Crippen molar-refractivity contribution in [2.45, 2.75) is 0 Å². The molecule has 0 saturated heterocycles. The van der Waals surface area contributed by atoms with E-state index in [2.05, 4.69) is 22.5 Å². The van der Waals surface area contributed by atoms with E-state index < -0.39 is 0 Å². The van der Waals surface area contributed by atoms with Gasteiger partial charge in [0.1, 0.15) is 6.29 Å². The molecule has 0 bridgehead atoms. The minimum absolute atomic E-state index is 0.00796. The third-order valence-electron chi connectivity index (χ3n) is 3.36. The molecule has 1 aromatic carbocycles. The van der Waals surface area contributed by atoms with Crippen LogP contribution in [0.25, 0.3) is 0 Å². The van der Waals surface area contributed by atoms with E-state index in [1.807, 2.05) is 12.1 Å². The second-order valence-electron chi connectivity index (χ2n) is 4.60. The van der Waals surface area contributed by atoms with Crippen LogP contribution in [0.15, 0.2) is 41.4 Å². The van der Waals surface area contributed by atoms with Gasteiger partial charge >= 0.3 is 0 Å². The van der Waals surface area contributed by atoms with Crippen LogP contribution in [0.5, 0.6) is 0 Å². The average molecular weight is 323 g/mol. The summed E-state index contributed by atoms with van der Waals surface area (Å²) in [6, 6.07) is 7.20. The number of rotatable bonds is 7. The molecule has 0 radical (unpaired) electrons. The molecule has 0 aliphatic heterocycles. The van der Waals surface area contributed by atoms with Crippen molar-refractivity contribution in [2.75, 3.05) is 13.2 Å². The van der Waals surface area contributed by atoms with Crippen molar-refractivity contribution < 1.29 is 14.3 Å². The van der Waals surface area contributed by atoms with Gasteiger partial charge in [0, 0.05) is 27.8 Å². The van der Waals surface area contributed by atoms with Crippen molar-refractivity contribution >= 4 is 28.0 Å². The standard InChI is InChI=1S/C15H15BrO3/c1-2-7-19-9-13-12(8-17)14(13)15(18)10-3-5-11(16)6-4-10/h2-6,8,12-14H,1,7,9H2/t12-,13-,14-/m1/s1. The van der Waals surface area contributed by atoms with E-state index in [-0.39, 0.29) is 23.5 Å². The fourth-order valence-corrected chi connectivity index (χ4v) is 2.53. The summed E-state index contributed by atoms with van der Waals surface area (Å²) in [5.41, 5.74) is 0.645.